The summed E-state index contributed by atoms with van der Waals surface area (Å²) in [6.07, 6.45) is 4.50. The van der Waals surface area contributed by atoms with Gasteiger partial charge in [-0.2, -0.15) is 0 Å². The molecule has 3 rings (SSSR count). The zero-order valence-electron chi connectivity index (χ0n) is 13.3. The summed E-state index contributed by atoms with van der Waals surface area (Å²) >= 11 is 3.38. The lowest BCUT2D eigenvalue weighted by Gasteiger charge is -2.11. The van der Waals surface area contributed by atoms with E-state index in [1.165, 1.54) is 0 Å². The summed E-state index contributed by atoms with van der Waals surface area (Å²) in [6.45, 7) is 1.62. The van der Waals surface area contributed by atoms with Crippen molar-refractivity contribution in [3.63, 3.8) is 0 Å². The molecule has 126 valence electrons. The Bertz CT molecular complexity index is 668. The molecule has 1 aliphatic heterocycles. The highest BCUT2D eigenvalue weighted by Crippen LogP contribution is 2.15. The van der Waals surface area contributed by atoms with Crippen molar-refractivity contribution in [3.8, 4) is 0 Å². The molecule has 1 aromatic carbocycles. The topological polar surface area (TPSA) is 63.2 Å². The van der Waals surface area contributed by atoms with Crippen molar-refractivity contribution >= 4 is 33.3 Å². The zero-order chi connectivity index (χ0) is 16.8. The van der Waals surface area contributed by atoms with Crippen LogP contribution in [0.4, 0.5) is 11.5 Å². The molecule has 24 heavy (non-hydrogen) atoms. The first-order chi connectivity index (χ1) is 11.7. The van der Waals surface area contributed by atoms with Gasteiger partial charge in [-0.25, -0.2) is 4.98 Å². The van der Waals surface area contributed by atoms with E-state index in [1.54, 1.807) is 6.20 Å². The highest BCUT2D eigenvalue weighted by Gasteiger charge is 2.14. The van der Waals surface area contributed by atoms with Gasteiger partial charge < -0.3 is 15.4 Å². The van der Waals surface area contributed by atoms with Crippen LogP contribution in [0.3, 0.4) is 0 Å². The van der Waals surface area contributed by atoms with Crippen LogP contribution in [0.15, 0.2) is 47.1 Å². The lowest BCUT2D eigenvalue weighted by atomic mass is 10.1. The van der Waals surface area contributed by atoms with Crippen molar-refractivity contribution < 1.29 is 9.53 Å². The number of nitrogens with zero attached hydrogens (tertiary/aromatic N) is 1. The first kappa shape index (κ1) is 16.9. The lowest BCUT2D eigenvalue weighted by molar-refractivity contribution is -0.115. The molecule has 0 aliphatic carbocycles. The highest BCUT2D eigenvalue weighted by atomic mass is 79.9. The first-order valence-corrected chi connectivity index (χ1v) is 8.84. The largest absolute Gasteiger partial charge is 0.376 e. The molecule has 1 amide bonds. The van der Waals surface area contributed by atoms with Crippen LogP contribution in [-0.2, 0) is 16.0 Å². The van der Waals surface area contributed by atoms with Crippen LogP contribution in [-0.4, -0.2) is 30.1 Å². The van der Waals surface area contributed by atoms with Crippen LogP contribution >= 0.6 is 15.9 Å². The van der Waals surface area contributed by atoms with E-state index in [4.69, 9.17) is 4.74 Å². The summed E-state index contributed by atoms with van der Waals surface area (Å²) in [6, 6.07) is 11.4. The molecule has 1 atom stereocenters. The lowest BCUT2D eigenvalue weighted by Crippen LogP contribution is -2.19. The summed E-state index contributed by atoms with van der Waals surface area (Å²) in [7, 11) is 0. The third-order valence-corrected chi connectivity index (χ3v) is 4.39. The fourth-order valence-corrected chi connectivity index (χ4v) is 2.85. The molecule has 0 bridgehead atoms. The van der Waals surface area contributed by atoms with Crippen LogP contribution in [0, 0.1) is 0 Å². The second-order valence-electron chi connectivity index (χ2n) is 5.80. The van der Waals surface area contributed by atoms with E-state index < -0.39 is 0 Å². The van der Waals surface area contributed by atoms with Crippen molar-refractivity contribution in [1.29, 1.82) is 0 Å². The Kier molecular flexibility index (Phi) is 5.82. The van der Waals surface area contributed by atoms with Gasteiger partial charge in [0.2, 0.25) is 5.91 Å². The van der Waals surface area contributed by atoms with E-state index in [9.17, 15) is 4.79 Å². The predicted molar refractivity (Wildman–Crippen MR) is 98.2 cm³/mol. The number of ether oxygens (including phenoxy) is 1. The third-order valence-electron chi connectivity index (χ3n) is 3.86. The Morgan fingerprint density at radius 2 is 2.08 bits per heavy atom. The van der Waals surface area contributed by atoms with Crippen LogP contribution < -0.4 is 10.6 Å². The maximum absolute atomic E-state index is 12.1. The molecule has 1 aliphatic rings. The molecule has 6 heteroatoms. The van der Waals surface area contributed by atoms with E-state index in [0.717, 1.165) is 41.8 Å². The van der Waals surface area contributed by atoms with E-state index in [1.807, 2.05) is 36.4 Å². The number of pyridine rings is 1. The molecular formula is C18H20BrN3O2. The van der Waals surface area contributed by atoms with Crippen molar-refractivity contribution in [2.45, 2.75) is 25.4 Å². The number of carbonyl (C=O) groups excluding carboxylic acids is 1. The molecule has 1 saturated heterocycles. The average Bonchev–Trinajstić information content (AvgIpc) is 3.10. The minimum absolute atomic E-state index is 0.0563. The highest BCUT2D eigenvalue weighted by molar-refractivity contribution is 9.10. The molecule has 5 nitrogen and oxygen atoms in total. The number of halogens is 1. The number of carbonyl (C=O) groups is 1. The summed E-state index contributed by atoms with van der Waals surface area (Å²) in [5.74, 6) is 0.732. The normalized spacial score (nSPS) is 16.8. The second kappa shape index (κ2) is 8.26. The predicted octanol–water partition coefficient (Wildman–Crippen LogP) is 3.62. The van der Waals surface area contributed by atoms with E-state index in [0.29, 0.717) is 12.1 Å². The van der Waals surface area contributed by atoms with Gasteiger partial charge in [0.25, 0.3) is 0 Å². The molecular weight excluding hydrogens is 370 g/mol. The summed E-state index contributed by atoms with van der Waals surface area (Å²) in [5.41, 5.74) is 1.67. The average molecular weight is 390 g/mol. The van der Waals surface area contributed by atoms with Crippen LogP contribution in [0.25, 0.3) is 0 Å². The Morgan fingerprint density at radius 1 is 1.25 bits per heavy atom. The Balaban J connectivity index is 1.47. The van der Waals surface area contributed by atoms with Gasteiger partial charge in [0.05, 0.1) is 24.4 Å². The Hall–Kier alpha value is -1.92. The number of anilines is 2. The van der Waals surface area contributed by atoms with E-state index in [2.05, 4.69) is 31.5 Å². The number of hydrogen-bond acceptors (Lipinski definition) is 4. The maximum atomic E-state index is 12.1. The van der Waals surface area contributed by atoms with Gasteiger partial charge in [0.1, 0.15) is 5.82 Å². The fraction of sp³-hybridized carbons (Fsp3) is 0.333. The Morgan fingerprint density at radius 3 is 2.75 bits per heavy atom. The first-order valence-electron chi connectivity index (χ1n) is 8.05. The number of amides is 1. The zero-order valence-corrected chi connectivity index (χ0v) is 14.9. The summed E-state index contributed by atoms with van der Waals surface area (Å²) < 4.78 is 6.57. The van der Waals surface area contributed by atoms with Crippen molar-refractivity contribution in [3.05, 3.63) is 52.6 Å². The number of hydrogen-bond donors (Lipinski definition) is 2. The molecule has 1 fully saturated rings. The monoisotopic (exact) mass is 389 g/mol. The van der Waals surface area contributed by atoms with Gasteiger partial charge >= 0.3 is 0 Å². The molecule has 0 saturated carbocycles. The minimum Gasteiger partial charge on any atom is -0.376 e. The molecule has 2 aromatic rings. The van der Waals surface area contributed by atoms with Gasteiger partial charge in [0, 0.05) is 17.6 Å². The third kappa shape index (κ3) is 5.04. The van der Waals surface area contributed by atoms with Crippen molar-refractivity contribution in [2.24, 2.45) is 0 Å². The molecule has 2 N–H and O–H groups in total. The standard InChI is InChI=1S/C18H20BrN3O2/c19-14-5-3-13(4-6-14)10-18(23)22-15-7-8-17(20-11-15)21-12-16-2-1-9-24-16/h3-8,11,16H,1-2,9-10,12H2,(H,20,21)(H,22,23). The second-order valence-corrected chi connectivity index (χ2v) is 6.72. The number of aromatic nitrogens is 1. The smallest absolute Gasteiger partial charge is 0.228 e. The van der Waals surface area contributed by atoms with Crippen LogP contribution in [0.1, 0.15) is 18.4 Å². The van der Waals surface area contributed by atoms with Gasteiger partial charge in [-0.1, -0.05) is 28.1 Å². The Labute approximate surface area is 149 Å². The number of rotatable bonds is 6. The van der Waals surface area contributed by atoms with E-state index >= 15 is 0 Å². The molecule has 0 spiro atoms. The van der Waals surface area contributed by atoms with Crippen LogP contribution in [0.2, 0.25) is 0 Å². The summed E-state index contributed by atoms with van der Waals surface area (Å²) in [5, 5.41) is 6.12. The van der Waals surface area contributed by atoms with E-state index in [-0.39, 0.29) is 12.0 Å². The minimum atomic E-state index is -0.0563. The van der Waals surface area contributed by atoms with Gasteiger partial charge in [0.15, 0.2) is 0 Å². The fourth-order valence-electron chi connectivity index (χ4n) is 2.59. The summed E-state index contributed by atoms with van der Waals surface area (Å²) in [4.78, 5) is 16.4. The van der Waals surface area contributed by atoms with Gasteiger partial charge in [-0.15, -0.1) is 0 Å². The maximum Gasteiger partial charge on any atom is 0.228 e. The van der Waals surface area contributed by atoms with Crippen LogP contribution in [0.5, 0.6) is 0 Å². The molecule has 1 aromatic heterocycles. The quantitative estimate of drug-likeness (QED) is 0.791. The SMILES string of the molecule is O=C(Cc1ccc(Br)cc1)Nc1ccc(NCC2CCCO2)nc1. The molecule has 0 radical (unpaired) electrons. The van der Waals surface area contributed by atoms with Gasteiger partial charge in [-0.05, 0) is 42.7 Å². The van der Waals surface area contributed by atoms with Crippen molar-refractivity contribution in [2.75, 3.05) is 23.8 Å². The molecule has 2 heterocycles. The number of nitrogens with one attached hydrogen (secondary N) is 2. The van der Waals surface area contributed by atoms with Gasteiger partial charge in [-0.3, -0.25) is 4.79 Å². The van der Waals surface area contributed by atoms with Crippen molar-refractivity contribution in [1.82, 2.24) is 4.98 Å². The molecule has 1 unspecified atom stereocenters. The number of benzene rings is 1.